The highest BCUT2D eigenvalue weighted by Crippen LogP contribution is 2.34. The summed E-state index contributed by atoms with van der Waals surface area (Å²) in [6.07, 6.45) is 1.87. The van der Waals surface area contributed by atoms with Gasteiger partial charge in [0.2, 0.25) is 0 Å². The van der Waals surface area contributed by atoms with Crippen molar-refractivity contribution in [3.8, 4) is 0 Å². The smallest absolute Gasteiger partial charge is 0.312 e. The van der Waals surface area contributed by atoms with Crippen molar-refractivity contribution in [1.82, 2.24) is 9.88 Å². The average molecular weight is 288 g/mol. The number of aromatic nitrogens is 1. The maximum absolute atomic E-state index is 11.5. The van der Waals surface area contributed by atoms with Crippen molar-refractivity contribution in [2.75, 3.05) is 6.54 Å². The molecule has 20 heavy (non-hydrogen) atoms. The van der Waals surface area contributed by atoms with E-state index in [0.29, 0.717) is 6.54 Å². The van der Waals surface area contributed by atoms with Crippen molar-refractivity contribution in [3.63, 3.8) is 0 Å². The second-order valence-corrected chi connectivity index (χ2v) is 6.02. The van der Waals surface area contributed by atoms with Gasteiger partial charge >= 0.3 is 5.97 Å². The molecule has 0 spiro atoms. The van der Waals surface area contributed by atoms with Crippen molar-refractivity contribution in [2.24, 2.45) is 0 Å². The van der Waals surface area contributed by atoms with E-state index in [9.17, 15) is 9.90 Å². The first-order valence-corrected chi connectivity index (χ1v) is 7.48. The topological polar surface area (TPSA) is 53.4 Å². The number of carboxylic acids is 1. The number of aliphatic carboxylic acids is 1. The van der Waals surface area contributed by atoms with Gasteiger partial charge in [-0.05, 0) is 18.1 Å². The molecule has 2 atom stereocenters. The molecule has 0 aliphatic carbocycles. The van der Waals surface area contributed by atoms with Gasteiger partial charge in [0.05, 0.1) is 11.4 Å². The minimum Gasteiger partial charge on any atom is -0.481 e. The van der Waals surface area contributed by atoms with Gasteiger partial charge in [-0.2, -0.15) is 0 Å². The summed E-state index contributed by atoms with van der Waals surface area (Å²) in [4.78, 5) is 19.0. The van der Waals surface area contributed by atoms with E-state index in [1.807, 2.05) is 36.0 Å². The van der Waals surface area contributed by atoms with Crippen LogP contribution in [0.3, 0.4) is 0 Å². The lowest BCUT2D eigenvalue weighted by molar-refractivity contribution is -0.139. The van der Waals surface area contributed by atoms with E-state index in [2.05, 4.69) is 16.8 Å². The molecule has 0 bridgehead atoms. The van der Waals surface area contributed by atoms with Gasteiger partial charge in [-0.15, -0.1) is 11.3 Å². The number of hydrogen-bond acceptors (Lipinski definition) is 4. The average Bonchev–Trinajstić information content (AvgIpc) is 2.99. The molecule has 1 aliphatic rings. The zero-order valence-corrected chi connectivity index (χ0v) is 12.0. The fourth-order valence-corrected chi connectivity index (χ4v) is 3.46. The molecule has 1 aromatic carbocycles. The van der Waals surface area contributed by atoms with Crippen molar-refractivity contribution in [1.29, 1.82) is 0 Å². The third kappa shape index (κ3) is 2.34. The van der Waals surface area contributed by atoms with E-state index >= 15 is 0 Å². The van der Waals surface area contributed by atoms with Crippen LogP contribution < -0.4 is 0 Å². The monoisotopic (exact) mass is 288 g/mol. The Labute approximate surface area is 121 Å². The second-order valence-electron chi connectivity index (χ2n) is 5.10. The van der Waals surface area contributed by atoms with Gasteiger partial charge in [0.1, 0.15) is 0 Å². The molecule has 2 unspecified atom stereocenters. The van der Waals surface area contributed by atoms with Crippen LogP contribution in [-0.2, 0) is 11.3 Å². The fourth-order valence-electron chi connectivity index (χ4n) is 2.75. The third-order valence-corrected chi connectivity index (χ3v) is 4.88. The number of rotatable bonds is 3. The minimum absolute atomic E-state index is 0.192. The maximum atomic E-state index is 11.5. The molecule has 2 aromatic rings. The number of carboxylic acid groups (broad SMARTS) is 1. The number of fused-ring (bicyclic) bond motifs is 1. The van der Waals surface area contributed by atoms with Gasteiger partial charge in [-0.3, -0.25) is 14.7 Å². The van der Waals surface area contributed by atoms with Gasteiger partial charge in [-0.25, -0.2) is 0 Å². The lowest BCUT2D eigenvalue weighted by Crippen LogP contribution is -2.38. The van der Waals surface area contributed by atoms with Crippen LogP contribution in [0, 0.1) is 0 Å². The molecule has 1 aliphatic heterocycles. The Morgan fingerprint density at radius 1 is 1.50 bits per heavy atom. The molecule has 3 rings (SSSR count). The van der Waals surface area contributed by atoms with E-state index in [-0.39, 0.29) is 6.04 Å². The fraction of sp³-hybridized carbons (Fsp3) is 0.333. The molecule has 0 saturated heterocycles. The summed E-state index contributed by atoms with van der Waals surface area (Å²) >= 11 is 1.62. The molecule has 1 aromatic heterocycles. The molecule has 5 heteroatoms. The van der Waals surface area contributed by atoms with Crippen LogP contribution in [0.4, 0.5) is 0 Å². The van der Waals surface area contributed by atoms with Crippen LogP contribution in [0.2, 0.25) is 0 Å². The second kappa shape index (κ2) is 5.34. The Bertz CT molecular complexity index is 612. The van der Waals surface area contributed by atoms with Crippen LogP contribution in [0.25, 0.3) is 0 Å². The first-order valence-electron chi connectivity index (χ1n) is 6.60. The summed E-state index contributed by atoms with van der Waals surface area (Å²) < 4.78 is 0. The van der Waals surface area contributed by atoms with Crippen molar-refractivity contribution in [3.05, 3.63) is 52.0 Å². The van der Waals surface area contributed by atoms with Crippen LogP contribution in [0.1, 0.15) is 34.9 Å². The number of thiazole rings is 1. The van der Waals surface area contributed by atoms with Crippen LogP contribution in [0.15, 0.2) is 36.0 Å². The number of benzene rings is 1. The van der Waals surface area contributed by atoms with E-state index < -0.39 is 11.9 Å². The normalized spacial score (nSPS) is 20.4. The largest absolute Gasteiger partial charge is 0.481 e. The zero-order chi connectivity index (χ0) is 14.1. The Morgan fingerprint density at radius 2 is 2.30 bits per heavy atom. The summed E-state index contributed by atoms with van der Waals surface area (Å²) in [6.45, 7) is 3.45. The van der Waals surface area contributed by atoms with Crippen molar-refractivity contribution < 1.29 is 9.90 Å². The highest BCUT2D eigenvalue weighted by Gasteiger charge is 2.32. The first kappa shape index (κ1) is 13.3. The first-order chi connectivity index (χ1) is 9.66. The molecule has 0 saturated carbocycles. The van der Waals surface area contributed by atoms with E-state index in [4.69, 9.17) is 0 Å². The van der Waals surface area contributed by atoms with Gasteiger partial charge in [0, 0.05) is 30.2 Å². The summed E-state index contributed by atoms with van der Waals surface area (Å²) in [7, 11) is 0. The minimum atomic E-state index is -0.751. The molecular formula is C15H16N2O2S. The van der Waals surface area contributed by atoms with Gasteiger partial charge in [0.25, 0.3) is 0 Å². The highest BCUT2D eigenvalue weighted by molar-refractivity contribution is 7.09. The van der Waals surface area contributed by atoms with Gasteiger partial charge in [0.15, 0.2) is 0 Å². The quantitative estimate of drug-likeness (QED) is 0.943. The molecule has 0 fully saturated rings. The summed E-state index contributed by atoms with van der Waals surface area (Å²) in [6, 6.07) is 8.03. The van der Waals surface area contributed by atoms with Crippen molar-refractivity contribution in [2.45, 2.75) is 25.4 Å². The molecular weight excluding hydrogens is 272 g/mol. The molecule has 0 amide bonds. The summed E-state index contributed by atoms with van der Waals surface area (Å²) in [5.74, 6) is -1.20. The SMILES string of the molecule is CC(c1cncs1)N1Cc2ccccc2C(C(=O)O)C1. The highest BCUT2D eigenvalue weighted by atomic mass is 32.1. The zero-order valence-electron chi connectivity index (χ0n) is 11.2. The molecule has 104 valence electrons. The lowest BCUT2D eigenvalue weighted by Gasteiger charge is -2.36. The Balaban J connectivity index is 1.92. The number of hydrogen-bond donors (Lipinski definition) is 1. The predicted molar refractivity (Wildman–Crippen MR) is 77.8 cm³/mol. The standard InChI is InChI=1S/C15H16N2O2S/c1-10(14-6-16-9-20-14)17-7-11-4-2-3-5-12(11)13(8-17)15(18)19/h2-6,9-10,13H,7-8H2,1H3,(H,18,19). The summed E-state index contributed by atoms with van der Waals surface area (Å²) in [5.41, 5.74) is 3.88. The van der Waals surface area contributed by atoms with Crippen LogP contribution in [0.5, 0.6) is 0 Å². The third-order valence-electron chi connectivity index (χ3n) is 3.93. The van der Waals surface area contributed by atoms with E-state index in [0.717, 1.165) is 17.7 Å². The Hall–Kier alpha value is -1.72. The van der Waals surface area contributed by atoms with Crippen molar-refractivity contribution >= 4 is 17.3 Å². The Morgan fingerprint density at radius 3 is 3.00 bits per heavy atom. The number of nitrogens with zero attached hydrogens (tertiary/aromatic N) is 2. The predicted octanol–water partition coefficient (Wildman–Crippen LogP) is 2.89. The number of carbonyl (C=O) groups is 1. The lowest BCUT2D eigenvalue weighted by atomic mass is 9.89. The van der Waals surface area contributed by atoms with Gasteiger partial charge in [-0.1, -0.05) is 24.3 Å². The van der Waals surface area contributed by atoms with E-state index in [1.165, 1.54) is 4.88 Å². The molecule has 1 N–H and O–H groups in total. The van der Waals surface area contributed by atoms with Gasteiger partial charge < -0.3 is 5.11 Å². The maximum Gasteiger partial charge on any atom is 0.312 e. The Kier molecular flexibility index (Phi) is 3.54. The molecule has 2 heterocycles. The van der Waals surface area contributed by atoms with Crippen LogP contribution >= 0.6 is 11.3 Å². The van der Waals surface area contributed by atoms with E-state index in [1.54, 1.807) is 11.3 Å². The molecule has 0 radical (unpaired) electrons. The van der Waals surface area contributed by atoms with Crippen LogP contribution in [-0.4, -0.2) is 27.5 Å². The molecule has 4 nitrogen and oxygen atoms in total. The summed E-state index contributed by atoms with van der Waals surface area (Å²) in [5, 5.41) is 9.48.